The second kappa shape index (κ2) is 11.7. The molecule has 0 fully saturated rings. The first kappa shape index (κ1) is 27.6. The number of aromatic nitrogens is 2. The predicted molar refractivity (Wildman–Crippen MR) is 134 cm³/mol. The number of halogens is 2. The van der Waals surface area contributed by atoms with Gasteiger partial charge in [-0.05, 0) is 45.4 Å². The van der Waals surface area contributed by atoms with E-state index in [9.17, 15) is 18.4 Å². The number of nitrogens with zero attached hydrogens (tertiary/aromatic N) is 3. The van der Waals surface area contributed by atoms with Crippen LogP contribution in [-0.4, -0.2) is 27.9 Å². The second-order valence-corrected chi connectivity index (χ2v) is 8.08. The van der Waals surface area contributed by atoms with Gasteiger partial charge in [-0.25, -0.2) is 28.4 Å². The Kier molecular flexibility index (Phi) is 9.22. The van der Waals surface area contributed by atoms with Crippen LogP contribution < -0.4 is 15.5 Å². The molecule has 9 heteroatoms. The van der Waals surface area contributed by atoms with E-state index < -0.39 is 23.4 Å². The van der Waals surface area contributed by atoms with E-state index in [0.717, 1.165) is 17.4 Å². The number of rotatable bonds is 6. The molecule has 2 aromatic rings. The van der Waals surface area contributed by atoms with Crippen molar-refractivity contribution in [3.63, 3.8) is 0 Å². The molecule has 0 aliphatic carbocycles. The Balaban J connectivity index is 0.00000210. The Morgan fingerprint density at radius 2 is 1.91 bits per heavy atom. The number of aryl methyl sites for hydroxylation is 2. The number of carbonyl (C=O) groups is 2. The highest BCUT2D eigenvalue weighted by atomic mass is 19.1. The number of fused-ring (bicyclic) bond motifs is 1. The third-order valence-electron chi connectivity index (χ3n) is 5.16. The second-order valence-electron chi connectivity index (χ2n) is 8.08. The van der Waals surface area contributed by atoms with E-state index in [1.54, 1.807) is 12.1 Å². The van der Waals surface area contributed by atoms with Crippen LogP contribution in [0.1, 0.15) is 68.9 Å². The standard InChI is InChI=1S/C24H27F2N5O2.C2H6/c1-7-19-29-20(17-10-16(9-8-13(17)4)23(32)28-12(2)3)18-11-27-24(33)31(22(18)30-19)21(14(5)25)15(6)26;1-2/h8-10,12H,5,7,11H2,1-4,6H3,(H,27,33)(H,28,32);1-2H3/b21-15-;. The fraction of sp³-hybridized carbons (Fsp3) is 0.385. The molecule has 0 radical (unpaired) electrons. The number of anilines is 1. The number of benzene rings is 1. The Bertz CT molecular complexity index is 1170. The van der Waals surface area contributed by atoms with Gasteiger partial charge in [0.2, 0.25) is 0 Å². The molecule has 3 rings (SSSR count). The molecule has 0 unspecified atom stereocenters. The molecule has 1 aliphatic rings. The number of hydrogen-bond acceptors (Lipinski definition) is 4. The van der Waals surface area contributed by atoms with Gasteiger partial charge in [-0.2, -0.15) is 0 Å². The molecule has 0 saturated heterocycles. The van der Waals surface area contributed by atoms with Crippen molar-refractivity contribution in [2.75, 3.05) is 4.90 Å². The highest BCUT2D eigenvalue weighted by molar-refractivity contribution is 5.99. The summed E-state index contributed by atoms with van der Waals surface area (Å²) < 4.78 is 28.4. The van der Waals surface area contributed by atoms with E-state index in [4.69, 9.17) is 0 Å². The summed E-state index contributed by atoms with van der Waals surface area (Å²) in [5.41, 5.74) is 2.33. The smallest absolute Gasteiger partial charge is 0.328 e. The van der Waals surface area contributed by atoms with Crippen molar-refractivity contribution in [2.24, 2.45) is 0 Å². The van der Waals surface area contributed by atoms with Crippen molar-refractivity contribution in [3.8, 4) is 11.3 Å². The minimum atomic E-state index is -1.10. The Hall–Kier alpha value is -3.62. The summed E-state index contributed by atoms with van der Waals surface area (Å²) >= 11 is 0. The lowest BCUT2D eigenvalue weighted by atomic mass is 9.97. The molecule has 2 N–H and O–H groups in total. The average Bonchev–Trinajstić information content (AvgIpc) is 2.80. The molecule has 188 valence electrons. The minimum Gasteiger partial charge on any atom is -0.350 e. The summed E-state index contributed by atoms with van der Waals surface area (Å²) in [7, 11) is 0. The van der Waals surface area contributed by atoms with E-state index in [1.807, 2.05) is 47.6 Å². The monoisotopic (exact) mass is 485 g/mol. The topological polar surface area (TPSA) is 87.2 Å². The van der Waals surface area contributed by atoms with Crippen molar-refractivity contribution >= 4 is 17.8 Å². The van der Waals surface area contributed by atoms with Crippen molar-refractivity contribution in [1.82, 2.24) is 20.6 Å². The molecule has 2 heterocycles. The van der Waals surface area contributed by atoms with E-state index in [1.165, 1.54) is 0 Å². The van der Waals surface area contributed by atoms with Gasteiger partial charge in [-0.15, -0.1) is 0 Å². The predicted octanol–water partition coefficient (Wildman–Crippen LogP) is 5.89. The summed E-state index contributed by atoms with van der Waals surface area (Å²) in [4.78, 5) is 35.2. The van der Waals surface area contributed by atoms with E-state index in [2.05, 4.69) is 27.2 Å². The van der Waals surface area contributed by atoms with Crippen LogP contribution >= 0.6 is 0 Å². The van der Waals surface area contributed by atoms with Crippen LogP contribution in [-0.2, 0) is 13.0 Å². The molecule has 7 nitrogen and oxygen atoms in total. The molecule has 0 spiro atoms. The summed E-state index contributed by atoms with van der Waals surface area (Å²) in [6.07, 6.45) is 0.423. The van der Waals surface area contributed by atoms with Gasteiger partial charge in [0.15, 0.2) is 5.82 Å². The van der Waals surface area contributed by atoms with Gasteiger partial charge in [0.25, 0.3) is 5.91 Å². The molecule has 1 aromatic carbocycles. The molecular formula is C26H33F2N5O2. The molecule has 1 aromatic heterocycles. The zero-order chi connectivity index (χ0) is 26.4. The zero-order valence-corrected chi connectivity index (χ0v) is 21.3. The molecule has 35 heavy (non-hydrogen) atoms. The highest BCUT2D eigenvalue weighted by Gasteiger charge is 2.34. The zero-order valence-electron chi connectivity index (χ0n) is 21.3. The van der Waals surface area contributed by atoms with Gasteiger partial charge in [0, 0.05) is 29.2 Å². The number of allylic oxidation sites excluding steroid dienone is 2. The van der Waals surface area contributed by atoms with Crippen LogP contribution in [0.3, 0.4) is 0 Å². The normalized spacial score (nSPS) is 13.3. The quantitative estimate of drug-likeness (QED) is 0.499. The van der Waals surface area contributed by atoms with Crippen LogP contribution in [0.2, 0.25) is 0 Å². The first-order valence-electron chi connectivity index (χ1n) is 11.7. The maximum absolute atomic E-state index is 14.3. The Labute approximate surface area is 205 Å². The summed E-state index contributed by atoms with van der Waals surface area (Å²) in [6.45, 7) is 15.7. The molecule has 0 bridgehead atoms. The van der Waals surface area contributed by atoms with Crippen molar-refractivity contribution in [3.05, 3.63) is 64.6 Å². The van der Waals surface area contributed by atoms with E-state index in [-0.39, 0.29) is 24.3 Å². The van der Waals surface area contributed by atoms with Crippen LogP contribution in [0.25, 0.3) is 11.3 Å². The molecular weight excluding hydrogens is 452 g/mol. The van der Waals surface area contributed by atoms with Gasteiger partial charge < -0.3 is 10.6 Å². The lowest BCUT2D eigenvalue weighted by Gasteiger charge is -2.31. The van der Waals surface area contributed by atoms with Gasteiger partial charge >= 0.3 is 6.03 Å². The van der Waals surface area contributed by atoms with Crippen LogP contribution in [0, 0.1) is 6.92 Å². The summed E-state index contributed by atoms with van der Waals surface area (Å²) in [6, 6.07) is 4.50. The number of carbonyl (C=O) groups excluding carboxylic acids is 2. The molecule has 1 aliphatic heterocycles. The van der Waals surface area contributed by atoms with Gasteiger partial charge in [-0.3, -0.25) is 4.79 Å². The maximum Gasteiger partial charge on any atom is 0.328 e. The largest absolute Gasteiger partial charge is 0.350 e. The highest BCUT2D eigenvalue weighted by Crippen LogP contribution is 2.37. The molecule has 0 atom stereocenters. The van der Waals surface area contributed by atoms with E-state index in [0.29, 0.717) is 34.6 Å². The first-order valence-corrected chi connectivity index (χ1v) is 11.7. The maximum atomic E-state index is 14.3. The van der Waals surface area contributed by atoms with Gasteiger partial charge in [0.1, 0.15) is 23.2 Å². The summed E-state index contributed by atoms with van der Waals surface area (Å²) in [5, 5.41) is 5.49. The number of nitrogens with one attached hydrogen (secondary N) is 2. The SMILES string of the molecule is C=C(F)/C(=C(\C)F)N1C(=O)NCc2c(-c3cc(C(=O)NC(C)C)ccc3C)nc(CC)nc21.CC. The Morgan fingerprint density at radius 1 is 1.26 bits per heavy atom. The lowest BCUT2D eigenvalue weighted by Crippen LogP contribution is -2.45. The third kappa shape index (κ3) is 5.90. The first-order chi connectivity index (χ1) is 16.5. The minimum absolute atomic E-state index is 0.0347. The van der Waals surface area contributed by atoms with Crippen LogP contribution in [0.5, 0.6) is 0 Å². The molecule has 3 amide bonds. The fourth-order valence-corrected chi connectivity index (χ4v) is 3.62. The molecule has 0 saturated carbocycles. The van der Waals surface area contributed by atoms with Crippen molar-refractivity contribution in [2.45, 2.75) is 67.5 Å². The van der Waals surface area contributed by atoms with Gasteiger partial charge in [0.05, 0.1) is 12.2 Å². The lowest BCUT2D eigenvalue weighted by molar-refractivity contribution is 0.0943. The average molecular weight is 486 g/mol. The third-order valence-corrected chi connectivity index (χ3v) is 5.16. The van der Waals surface area contributed by atoms with Crippen LogP contribution in [0.15, 0.2) is 42.1 Å². The fourth-order valence-electron chi connectivity index (χ4n) is 3.62. The van der Waals surface area contributed by atoms with Crippen LogP contribution in [0.4, 0.5) is 19.4 Å². The number of amides is 3. The van der Waals surface area contributed by atoms with E-state index >= 15 is 0 Å². The number of urea groups is 1. The van der Waals surface area contributed by atoms with Crippen molar-refractivity contribution < 1.29 is 18.4 Å². The number of hydrogen-bond donors (Lipinski definition) is 2. The summed E-state index contributed by atoms with van der Waals surface area (Å²) in [5.74, 6) is -1.76. The van der Waals surface area contributed by atoms with Gasteiger partial charge in [-0.1, -0.05) is 33.4 Å². The van der Waals surface area contributed by atoms with Crippen molar-refractivity contribution in [1.29, 1.82) is 0 Å². The Morgan fingerprint density at radius 3 is 2.46 bits per heavy atom.